The number of benzene rings is 1. The van der Waals surface area contributed by atoms with Crippen LogP contribution in [0.3, 0.4) is 0 Å². The Morgan fingerprint density at radius 3 is 2.67 bits per heavy atom. The van der Waals surface area contributed by atoms with Gasteiger partial charge in [0.15, 0.2) is 0 Å². The molecule has 0 radical (unpaired) electrons. The number of rotatable bonds is 6. The van der Waals surface area contributed by atoms with Gasteiger partial charge in [0.05, 0.1) is 7.11 Å². The summed E-state index contributed by atoms with van der Waals surface area (Å²) < 4.78 is 5.42. The average molecular weight is 369 g/mol. The number of nitrogens with zero attached hydrogens (tertiary/aromatic N) is 3. The molecule has 1 aliphatic rings. The van der Waals surface area contributed by atoms with E-state index in [1.165, 1.54) is 28.7 Å². The van der Waals surface area contributed by atoms with Gasteiger partial charge in [-0.05, 0) is 62.7 Å². The van der Waals surface area contributed by atoms with Gasteiger partial charge in [0.25, 0.3) is 0 Å². The molecular formula is C22H32N4O. The van der Waals surface area contributed by atoms with Crippen molar-refractivity contribution in [1.82, 2.24) is 15.2 Å². The van der Waals surface area contributed by atoms with E-state index in [1.54, 1.807) is 7.11 Å². The van der Waals surface area contributed by atoms with E-state index in [4.69, 9.17) is 9.72 Å². The molecule has 146 valence electrons. The van der Waals surface area contributed by atoms with Gasteiger partial charge in [-0.2, -0.15) is 0 Å². The summed E-state index contributed by atoms with van der Waals surface area (Å²) in [6, 6.07) is 8.56. The summed E-state index contributed by atoms with van der Waals surface area (Å²) in [5.74, 6) is 2.08. The quantitative estimate of drug-likeness (QED) is 0.848. The van der Waals surface area contributed by atoms with Gasteiger partial charge in [-0.1, -0.05) is 12.1 Å². The maximum atomic E-state index is 5.42. The molecule has 0 bridgehead atoms. The summed E-state index contributed by atoms with van der Waals surface area (Å²) in [5, 5.41) is 3.61. The van der Waals surface area contributed by atoms with Crippen molar-refractivity contribution in [2.24, 2.45) is 0 Å². The Bertz CT molecular complexity index is 762. The van der Waals surface area contributed by atoms with Gasteiger partial charge in [0.2, 0.25) is 0 Å². The number of aryl methyl sites for hydroxylation is 2. The van der Waals surface area contributed by atoms with Crippen LogP contribution in [0.5, 0.6) is 5.75 Å². The van der Waals surface area contributed by atoms with Crippen molar-refractivity contribution in [2.45, 2.75) is 33.4 Å². The summed E-state index contributed by atoms with van der Waals surface area (Å²) in [6.45, 7) is 10.3. The summed E-state index contributed by atoms with van der Waals surface area (Å²) >= 11 is 0. The number of methoxy groups -OCH3 is 1. The summed E-state index contributed by atoms with van der Waals surface area (Å²) in [5.41, 5.74) is 5.02. The van der Waals surface area contributed by atoms with Crippen LogP contribution in [0.4, 0.5) is 5.82 Å². The van der Waals surface area contributed by atoms with Gasteiger partial charge < -0.3 is 19.9 Å². The molecule has 0 aliphatic carbocycles. The zero-order chi connectivity index (χ0) is 19.2. The molecule has 0 atom stereocenters. The van der Waals surface area contributed by atoms with E-state index >= 15 is 0 Å². The number of hydrogen-bond acceptors (Lipinski definition) is 5. The van der Waals surface area contributed by atoms with Crippen LogP contribution in [0.25, 0.3) is 0 Å². The Morgan fingerprint density at radius 1 is 1.04 bits per heavy atom. The maximum absolute atomic E-state index is 5.42. The van der Waals surface area contributed by atoms with Gasteiger partial charge >= 0.3 is 0 Å². The van der Waals surface area contributed by atoms with Crippen molar-refractivity contribution >= 4 is 5.82 Å². The highest BCUT2D eigenvalue weighted by Crippen LogP contribution is 2.23. The third-order valence-corrected chi connectivity index (χ3v) is 5.37. The van der Waals surface area contributed by atoms with E-state index in [0.29, 0.717) is 0 Å². The number of likely N-dealkylation sites (N-methyl/N-ethyl adjacent to an activating group) is 1. The molecule has 3 rings (SSSR count). The van der Waals surface area contributed by atoms with Crippen molar-refractivity contribution in [1.29, 1.82) is 0 Å². The number of hydrogen-bond donors (Lipinski definition) is 1. The zero-order valence-corrected chi connectivity index (χ0v) is 17.1. The van der Waals surface area contributed by atoms with Crippen LogP contribution in [0, 0.1) is 13.8 Å². The molecule has 1 aliphatic heterocycles. The first-order chi connectivity index (χ1) is 13.1. The molecule has 5 nitrogen and oxygen atoms in total. The minimum absolute atomic E-state index is 0.819. The molecule has 0 spiro atoms. The molecule has 1 fully saturated rings. The minimum atomic E-state index is 0.819. The second kappa shape index (κ2) is 9.20. The van der Waals surface area contributed by atoms with E-state index in [2.05, 4.69) is 54.2 Å². The molecule has 1 aromatic carbocycles. The Balaban J connectivity index is 1.66. The highest BCUT2D eigenvalue weighted by atomic mass is 16.5. The smallest absolute Gasteiger partial charge is 0.133 e. The van der Waals surface area contributed by atoms with E-state index in [-0.39, 0.29) is 0 Å². The van der Waals surface area contributed by atoms with Crippen molar-refractivity contribution in [3.05, 3.63) is 52.7 Å². The summed E-state index contributed by atoms with van der Waals surface area (Å²) in [7, 11) is 3.92. The molecular weight excluding hydrogens is 336 g/mol. The van der Waals surface area contributed by atoms with Crippen LogP contribution in [-0.2, 0) is 13.1 Å². The lowest BCUT2D eigenvalue weighted by Gasteiger charge is -2.24. The van der Waals surface area contributed by atoms with Crippen molar-refractivity contribution in [3.63, 3.8) is 0 Å². The maximum Gasteiger partial charge on any atom is 0.133 e. The molecule has 5 heteroatoms. The molecule has 0 saturated carbocycles. The molecule has 27 heavy (non-hydrogen) atoms. The standard InChI is InChI=1S/C22H32N4O/c1-17-14-21(27-4)18(2)13-20(17)16-23-15-19-7-5-8-24-22(19)26-10-6-9-25(3)11-12-26/h5,7-8,13-14,23H,6,9-12,15-16H2,1-4H3. The first-order valence-corrected chi connectivity index (χ1v) is 9.80. The topological polar surface area (TPSA) is 40.6 Å². The van der Waals surface area contributed by atoms with Crippen LogP contribution >= 0.6 is 0 Å². The highest BCUT2D eigenvalue weighted by molar-refractivity contribution is 5.47. The van der Waals surface area contributed by atoms with Crippen LogP contribution in [0.15, 0.2) is 30.5 Å². The number of anilines is 1. The SMILES string of the molecule is COc1cc(C)c(CNCc2cccnc2N2CCCN(C)CC2)cc1C. The van der Waals surface area contributed by atoms with E-state index in [9.17, 15) is 0 Å². The Morgan fingerprint density at radius 2 is 1.85 bits per heavy atom. The number of ether oxygens (including phenoxy) is 1. The monoisotopic (exact) mass is 368 g/mol. The zero-order valence-electron chi connectivity index (χ0n) is 17.1. The lowest BCUT2D eigenvalue weighted by Crippen LogP contribution is -2.30. The molecule has 2 aromatic rings. The van der Waals surface area contributed by atoms with Crippen LogP contribution in [-0.4, -0.2) is 50.2 Å². The predicted octanol–water partition coefficient (Wildman–Crippen LogP) is 3.14. The van der Waals surface area contributed by atoms with Gasteiger partial charge in [-0.15, -0.1) is 0 Å². The Hall–Kier alpha value is -2.11. The third kappa shape index (κ3) is 4.99. The fourth-order valence-electron chi connectivity index (χ4n) is 3.70. The highest BCUT2D eigenvalue weighted by Gasteiger charge is 2.16. The number of pyridine rings is 1. The lowest BCUT2D eigenvalue weighted by atomic mass is 10.0. The van der Waals surface area contributed by atoms with Gasteiger partial charge in [-0.25, -0.2) is 4.98 Å². The second-order valence-corrected chi connectivity index (χ2v) is 7.48. The molecule has 2 heterocycles. The van der Waals surface area contributed by atoms with Crippen molar-refractivity contribution in [2.75, 3.05) is 45.2 Å². The Kier molecular flexibility index (Phi) is 6.69. The second-order valence-electron chi connectivity index (χ2n) is 7.48. The lowest BCUT2D eigenvalue weighted by molar-refractivity contribution is 0.360. The van der Waals surface area contributed by atoms with E-state index in [0.717, 1.165) is 50.8 Å². The minimum Gasteiger partial charge on any atom is -0.496 e. The fourth-order valence-corrected chi connectivity index (χ4v) is 3.70. The molecule has 1 saturated heterocycles. The number of nitrogens with one attached hydrogen (secondary N) is 1. The van der Waals surface area contributed by atoms with Gasteiger partial charge in [0, 0.05) is 44.5 Å². The normalized spacial score (nSPS) is 15.6. The average Bonchev–Trinajstić information content (AvgIpc) is 2.89. The molecule has 1 aromatic heterocycles. The van der Waals surface area contributed by atoms with Crippen molar-refractivity contribution in [3.8, 4) is 5.75 Å². The Labute approximate surface area is 163 Å². The molecule has 0 unspecified atom stereocenters. The molecule has 1 N–H and O–H groups in total. The van der Waals surface area contributed by atoms with Crippen LogP contribution in [0.1, 0.15) is 28.7 Å². The first-order valence-electron chi connectivity index (χ1n) is 9.80. The largest absolute Gasteiger partial charge is 0.496 e. The third-order valence-electron chi connectivity index (χ3n) is 5.37. The summed E-state index contributed by atoms with van der Waals surface area (Å²) in [4.78, 5) is 9.53. The van der Waals surface area contributed by atoms with Gasteiger partial charge in [0.1, 0.15) is 11.6 Å². The van der Waals surface area contributed by atoms with E-state index < -0.39 is 0 Å². The first kappa shape index (κ1) is 19.6. The predicted molar refractivity (Wildman–Crippen MR) is 112 cm³/mol. The summed E-state index contributed by atoms with van der Waals surface area (Å²) in [6.07, 6.45) is 3.09. The fraction of sp³-hybridized carbons (Fsp3) is 0.500. The van der Waals surface area contributed by atoms with E-state index in [1.807, 2.05) is 12.3 Å². The van der Waals surface area contributed by atoms with Gasteiger partial charge in [-0.3, -0.25) is 0 Å². The van der Waals surface area contributed by atoms with Crippen LogP contribution < -0.4 is 15.0 Å². The van der Waals surface area contributed by atoms with Crippen molar-refractivity contribution < 1.29 is 4.74 Å². The number of aromatic nitrogens is 1. The molecule has 0 amide bonds. The van der Waals surface area contributed by atoms with Crippen LogP contribution in [0.2, 0.25) is 0 Å².